The van der Waals surface area contributed by atoms with Gasteiger partial charge in [-0.2, -0.15) is 0 Å². The fourth-order valence-corrected chi connectivity index (χ4v) is 2.96. The number of benzene rings is 2. The Labute approximate surface area is 135 Å². The maximum atomic E-state index is 10.6. The van der Waals surface area contributed by atoms with Crippen LogP contribution in [0.4, 0.5) is 0 Å². The summed E-state index contributed by atoms with van der Waals surface area (Å²) in [7, 11) is 0. The van der Waals surface area contributed by atoms with Crippen LogP contribution in [0, 0.1) is 10.5 Å². The molecule has 0 spiro atoms. The molecule has 0 amide bonds. The lowest BCUT2D eigenvalue weighted by atomic mass is 9.94. The first-order chi connectivity index (χ1) is 9.54. The predicted octanol–water partition coefficient (Wildman–Crippen LogP) is 5.19. The highest BCUT2D eigenvalue weighted by atomic mass is 127. The second-order valence-electron chi connectivity index (χ2n) is 5.36. The number of aliphatic hydroxyl groups is 1. The van der Waals surface area contributed by atoms with Gasteiger partial charge in [-0.05, 0) is 64.1 Å². The summed E-state index contributed by atoms with van der Waals surface area (Å²) >= 11 is 2.31. The van der Waals surface area contributed by atoms with E-state index in [2.05, 4.69) is 61.6 Å². The van der Waals surface area contributed by atoms with E-state index in [1.165, 1.54) is 11.1 Å². The van der Waals surface area contributed by atoms with Gasteiger partial charge in [0.05, 0.1) is 0 Å². The van der Waals surface area contributed by atoms with Crippen molar-refractivity contribution >= 4 is 22.6 Å². The summed E-state index contributed by atoms with van der Waals surface area (Å²) in [6.07, 6.45) is 0.588. The molecule has 0 aromatic heterocycles. The first-order valence-corrected chi connectivity index (χ1v) is 8.15. The van der Waals surface area contributed by atoms with Gasteiger partial charge in [0.1, 0.15) is 6.10 Å². The minimum atomic E-state index is -0.548. The molecule has 2 unspecified atom stereocenters. The van der Waals surface area contributed by atoms with Crippen LogP contribution >= 0.6 is 22.6 Å². The van der Waals surface area contributed by atoms with Crippen LogP contribution in [-0.2, 0) is 0 Å². The van der Waals surface area contributed by atoms with Gasteiger partial charge in [-0.15, -0.1) is 0 Å². The van der Waals surface area contributed by atoms with Gasteiger partial charge in [0.25, 0.3) is 0 Å². The number of aliphatic hydroxyl groups excluding tert-OH is 1. The lowest BCUT2D eigenvalue weighted by Crippen LogP contribution is -2.03. The molecule has 0 saturated carbocycles. The molecule has 0 aliphatic heterocycles. The molecule has 2 aromatic rings. The maximum Gasteiger partial charge on any atom is 0.105 e. The highest BCUT2D eigenvalue weighted by molar-refractivity contribution is 14.1. The van der Waals surface area contributed by atoms with Crippen molar-refractivity contribution in [2.45, 2.75) is 39.2 Å². The van der Waals surface area contributed by atoms with E-state index < -0.39 is 6.10 Å². The molecule has 1 N–H and O–H groups in total. The van der Waals surface area contributed by atoms with Crippen LogP contribution in [0.3, 0.4) is 0 Å². The Hall–Kier alpha value is -0.870. The minimum Gasteiger partial charge on any atom is -0.384 e. The summed E-state index contributed by atoms with van der Waals surface area (Å²) in [5.41, 5.74) is 4.49. The normalized spacial score (nSPS) is 14.1. The highest BCUT2D eigenvalue weighted by Gasteiger charge is 2.15. The van der Waals surface area contributed by atoms with E-state index in [9.17, 15) is 5.11 Å². The molecule has 2 heteroatoms. The summed E-state index contributed by atoms with van der Waals surface area (Å²) in [5, 5.41) is 10.6. The van der Waals surface area contributed by atoms with Crippen molar-refractivity contribution in [1.29, 1.82) is 0 Å². The Morgan fingerprint density at radius 3 is 2.25 bits per heavy atom. The second-order valence-corrected chi connectivity index (χ2v) is 6.44. The molecule has 0 bridgehead atoms. The monoisotopic (exact) mass is 380 g/mol. The molecule has 106 valence electrons. The molecule has 0 aliphatic rings. The summed E-state index contributed by atoms with van der Waals surface area (Å²) in [5.74, 6) is 0.570. The number of aryl methyl sites for hydroxylation is 1. The van der Waals surface area contributed by atoms with E-state index in [1.807, 2.05) is 24.3 Å². The van der Waals surface area contributed by atoms with E-state index >= 15 is 0 Å². The average molecular weight is 380 g/mol. The number of hydrogen-bond acceptors (Lipinski definition) is 1. The zero-order chi connectivity index (χ0) is 14.7. The third-order valence-corrected chi connectivity index (χ3v) is 5.42. The van der Waals surface area contributed by atoms with Crippen molar-refractivity contribution < 1.29 is 5.11 Å². The van der Waals surface area contributed by atoms with E-state index in [-0.39, 0.29) is 0 Å². The van der Waals surface area contributed by atoms with Crippen molar-refractivity contribution in [3.05, 3.63) is 68.3 Å². The fourth-order valence-electron chi connectivity index (χ4n) is 2.30. The minimum absolute atomic E-state index is 0.548. The van der Waals surface area contributed by atoms with Crippen molar-refractivity contribution in [3.8, 4) is 0 Å². The molecular formula is C18H21IO. The fraction of sp³-hybridized carbons (Fsp3) is 0.333. The molecule has 2 atom stereocenters. The number of hydrogen-bond donors (Lipinski definition) is 1. The second kappa shape index (κ2) is 6.72. The molecule has 0 radical (unpaired) electrons. The van der Waals surface area contributed by atoms with E-state index in [0.29, 0.717) is 5.92 Å². The van der Waals surface area contributed by atoms with Gasteiger partial charge in [-0.25, -0.2) is 0 Å². The first-order valence-electron chi connectivity index (χ1n) is 7.07. The van der Waals surface area contributed by atoms with Crippen LogP contribution in [0.25, 0.3) is 0 Å². The Morgan fingerprint density at radius 2 is 1.65 bits per heavy atom. The molecule has 0 saturated heterocycles. The number of halogens is 1. The molecule has 0 fully saturated rings. The summed E-state index contributed by atoms with van der Waals surface area (Å²) in [4.78, 5) is 0. The summed E-state index contributed by atoms with van der Waals surface area (Å²) in [6, 6.07) is 14.4. The van der Waals surface area contributed by atoms with Crippen LogP contribution in [-0.4, -0.2) is 5.11 Å². The third kappa shape index (κ3) is 3.23. The Balaban J connectivity index is 2.29. The van der Waals surface area contributed by atoms with Gasteiger partial charge in [-0.1, -0.05) is 56.3 Å². The lowest BCUT2D eigenvalue weighted by molar-refractivity contribution is 0.219. The van der Waals surface area contributed by atoms with Crippen LogP contribution in [0.15, 0.2) is 42.5 Å². The van der Waals surface area contributed by atoms with Gasteiger partial charge in [0, 0.05) is 3.57 Å². The predicted molar refractivity (Wildman–Crippen MR) is 93.1 cm³/mol. The zero-order valence-corrected chi connectivity index (χ0v) is 14.4. The average Bonchev–Trinajstić information content (AvgIpc) is 2.48. The maximum absolute atomic E-state index is 10.6. The topological polar surface area (TPSA) is 20.2 Å². The van der Waals surface area contributed by atoms with Gasteiger partial charge >= 0.3 is 0 Å². The molecule has 2 rings (SSSR count). The summed E-state index contributed by atoms with van der Waals surface area (Å²) in [6.45, 7) is 6.50. The van der Waals surface area contributed by atoms with Gasteiger partial charge in [0.2, 0.25) is 0 Å². The SMILES string of the molecule is CCC(C)c1ccc(C(O)c2cccc(C)c2I)cc1. The molecule has 0 aliphatic carbocycles. The standard InChI is InChI=1S/C18H21IO/c1-4-12(2)14-8-10-15(11-9-14)18(20)16-7-5-6-13(3)17(16)19/h5-12,18,20H,4H2,1-3H3. The van der Waals surface area contributed by atoms with Gasteiger partial charge in [0.15, 0.2) is 0 Å². The van der Waals surface area contributed by atoms with Crippen LogP contribution in [0.5, 0.6) is 0 Å². The van der Waals surface area contributed by atoms with Crippen molar-refractivity contribution in [2.24, 2.45) is 0 Å². The van der Waals surface area contributed by atoms with Crippen LogP contribution < -0.4 is 0 Å². The Kier molecular flexibility index (Phi) is 5.22. The lowest BCUT2D eigenvalue weighted by Gasteiger charge is -2.16. The highest BCUT2D eigenvalue weighted by Crippen LogP contribution is 2.29. The smallest absolute Gasteiger partial charge is 0.105 e. The van der Waals surface area contributed by atoms with E-state index in [1.54, 1.807) is 0 Å². The molecule has 0 heterocycles. The molecule has 2 aromatic carbocycles. The largest absolute Gasteiger partial charge is 0.384 e. The molecule has 1 nitrogen and oxygen atoms in total. The quantitative estimate of drug-likeness (QED) is 0.724. The third-order valence-electron chi connectivity index (χ3n) is 3.95. The zero-order valence-electron chi connectivity index (χ0n) is 12.2. The van der Waals surface area contributed by atoms with E-state index in [0.717, 1.165) is 21.1 Å². The first kappa shape index (κ1) is 15.5. The molecular weight excluding hydrogens is 359 g/mol. The van der Waals surface area contributed by atoms with E-state index in [4.69, 9.17) is 0 Å². The Bertz CT molecular complexity index is 574. The van der Waals surface area contributed by atoms with Crippen molar-refractivity contribution in [1.82, 2.24) is 0 Å². The van der Waals surface area contributed by atoms with Crippen LogP contribution in [0.2, 0.25) is 0 Å². The molecule has 20 heavy (non-hydrogen) atoms. The Morgan fingerprint density at radius 1 is 1.05 bits per heavy atom. The van der Waals surface area contributed by atoms with Crippen molar-refractivity contribution in [3.63, 3.8) is 0 Å². The van der Waals surface area contributed by atoms with Gasteiger partial charge < -0.3 is 5.11 Å². The van der Waals surface area contributed by atoms with Crippen molar-refractivity contribution in [2.75, 3.05) is 0 Å². The van der Waals surface area contributed by atoms with Gasteiger partial charge in [-0.3, -0.25) is 0 Å². The summed E-state index contributed by atoms with van der Waals surface area (Å²) < 4.78 is 1.14. The number of rotatable bonds is 4. The van der Waals surface area contributed by atoms with Crippen LogP contribution in [0.1, 0.15) is 54.5 Å².